The molecule has 1 aromatic rings. The van der Waals surface area contributed by atoms with Crippen LogP contribution in [0.2, 0.25) is 0 Å². The Morgan fingerprint density at radius 1 is 1.75 bits per heavy atom. The first-order chi connectivity index (χ1) is 7.60. The van der Waals surface area contributed by atoms with E-state index in [4.69, 9.17) is 5.26 Å². The fourth-order valence-electron chi connectivity index (χ4n) is 0.992. The number of aliphatic hydroxyl groups excluding tert-OH is 2. The van der Waals surface area contributed by atoms with Crippen molar-refractivity contribution in [3.63, 3.8) is 0 Å². The molecule has 0 spiro atoms. The Balaban J connectivity index is 2.78. The minimum atomic E-state index is -1.26. The molecular formula is C9H10N2O4S. The van der Waals surface area contributed by atoms with Gasteiger partial charge < -0.3 is 14.9 Å². The van der Waals surface area contributed by atoms with Gasteiger partial charge in [-0.1, -0.05) is 0 Å². The van der Waals surface area contributed by atoms with Gasteiger partial charge in [-0.15, -0.1) is 11.3 Å². The molecule has 6 nitrogen and oxygen atoms in total. The van der Waals surface area contributed by atoms with Gasteiger partial charge in [0.15, 0.2) is 5.69 Å². The molecule has 0 saturated heterocycles. The van der Waals surface area contributed by atoms with Crippen LogP contribution in [-0.2, 0) is 4.74 Å². The fourth-order valence-corrected chi connectivity index (χ4v) is 1.82. The van der Waals surface area contributed by atoms with Crippen LogP contribution in [0.1, 0.15) is 28.0 Å². The van der Waals surface area contributed by atoms with E-state index in [0.717, 1.165) is 11.3 Å². The summed E-state index contributed by atoms with van der Waals surface area (Å²) in [6.45, 7) is 0. The summed E-state index contributed by atoms with van der Waals surface area (Å²) in [4.78, 5) is 14.9. The molecule has 1 heterocycles. The van der Waals surface area contributed by atoms with Gasteiger partial charge in [-0.3, -0.25) is 0 Å². The van der Waals surface area contributed by atoms with Crippen LogP contribution in [0.5, 0.6) is 0 Å². The van der Waals surface area contributed by atoms with Crippen LogP contribution in [-0.4, -0.2) is 34.4 Å². The number of thiazole rings is 1. The molecular weight excluding hydrogens is 232 g/mol. The number of aliphatic hydroxyl groups is 2. The molecule has 0 bridgehead atoms. The van der Waals surface area contributed by atoms with Crippen LogP contribution < -0.4 is 0 Å². The average molecular weight is 242 g/mol. The molecule has 0 aliphatic carbocycles. The van der Waals surface area contributed by atoms with Crippen molar-refractivity contribution in [2.75, 3.05) is 7.11 Å². The SMILES string of the molecule is COC(=O)c1csc(C(O)C(O)CC#N)n1. The van der Waals surface area contributed by atoms with E-state index in [1.54, 1.807) is 6.07 Å². The predicted octanol–water partition coefficient (Wildman–Crippen LogP) is 0.238. The van der Waals surface area contributed by atoms with E-state index in [2.05, 4.69) is 9.72 Å². The Bertz CT molecular complexity index is 412. The molecule has 2 atom stereocenters. The Labute approximate surface area is 95.7 Å². The summed E-state index contributed by atoms with van der Waals surface area (Å²) in [5.41, 5.74) is 0.0747. The van der Waals surface area contributed by atoms with Crippen molar-refractivity contribution in [1.29, 1.82) is 5.26 Å². The van der Waals surface area contributed by atoms with Gasteiger partial charge in [-0.25, -0.2) is 9.78 Å². The third-order valence-electron chi connectivity index (χ3n) is 1.83. The maximum absolute atomic E-state index is 11.1. The van der Waals surface area contributed by atoms with E-state index in [0.29, 0.717) is 0 Å². The second-order valence-corrected chi connectivity index (χ2v) is 3.83. The largest absolute Gasteiger partial charge is 0.464 e. The highest BCUT2D eigenvalue weighted by molar-refractivity contribution is 7.09. The van der Waals surface area contributed by atoms with E-state index in [1.807, 2.05) is 0 Å². The van der Waals surface area contributed by atoms with E-state index < -0.39 is 18.2 Å². The summed E-state index contributed by atoms with van der Waals surface area (Å²) in [7, 11) is 1.22. The third kappa shape index (κ3) is 2.76. The summed E-state index contributed by atoms with van der Waals surface area (Å²) in [6, 6.07) is 1.73. The highest BCUT2D eigenvalue weighted by Crippen LogP contribution is 2.22. The molecule has 0 saturated carbocycles. The van der Waals surface area contributed by atoms with Gasteiger partial charge in [0.05, 0.1) is 25.7 Å². The van der Waals surface area contributed by atoms with Gasteiger partial charge in [-0.2, -0.15) is 5.26 Å². The Kier molecular flexibility index (Phi) is 4.37. The van der Waals surface area contributed by atoms with Gasteiger partial charge in [0.1, 0.15) is 11.1 Å². The Morgan fingerprint density at radius 3 is 3.00 bits per heavy atom. The van der Waals surface area contributed by atoms with Crippen molar-refractivity contribution in [3.05, 3.63) is 16.1 Å². The van der Waals surface area contributed by atoms with Crippen molar-refractivity contribution in [1.82, 2.24) is 4.98 Å². The van der Waals surface area contributed by atoms with Crippen molar-refractivity contribution < 1.29 is 19.7 Å². The first-order valence-corrected chi connectivity index (χ1v) is 5.25. The zero-order valence-corrected chi connectivity index (χ0v) is 9.27. The predicted molar refractivity (Wildman–Crippen MR) is 54.7 cm³/mol. The molecule has 0 fully saturated rings. The number of carbonyl (C=O) groups excluding carboxylic acids is 1. The summed E-state index contributed by atoms with van der Waals surface area (Å²) >= 11 is 1.02. The van der Waals surface area contributed by atoms with Gasteiger partial charge >= 0.3 is 5.97 Å². The number of hydrogen-bond acceptors (Lipinski definition) is 7. The number of nitriles is 1. The zero-order chi connectivity index (χ0) is 12.1. The number of hydrogen-bond donors (Lipinski definition) is 2. The summed E-state index contributed by atoms with van der Waals surface area (Å²) in [5, 5.41) is 28.9. The van der Waals surface area contributed by atoms with Crippen LogP contribution in [0, 0.1) is 11.3 Å². The van der Waals surface area contributed by atoms with Crippen LogP contribution >= 0.6 is 11.3 Å². The zero-order valence-electron chi connectivity index (χ0n) is 8.45. The minimum absolute atomic E-state index is 0.0747. The van der Waals surface area contributed by atoms with E-state index in [1.165, 1.54) is 12.5 Å². The first kappa shape index (κ1) is 12.6. The lowest BCUT2D eigenvalue weighted by Gasteiger charge is -2.11. The highest BCUT2D eigenvalue weighted by atomic mass is 32.1. The van der Waals surface area contributed by atoms with E-state index in [-0.39, 0.29) is 17.1 Å². The minimum Gasteiger partial charge on any atom is -0.464 e. The van der Waals surface area contributed by atoms with Crippen LogP contribution in [0.25, 0.3) is 0 Å². The molecule has 0 aliphatic heterocycles. The molecule has 2 N–H and O–H groups in total. The molecule has 0 aromatic carbocycles. The maximum Gasteiger partial charge on any atom is 0.357 e. The molecule has 2 unspecified atom stereocenters. The molecule has 0 radical (unpaired) electrons. The average Bonchev–Trinajstić information content (AvgIpc) is 2.76. The highest BCUT2D eigenvalue weighted by Gasteiger charge is 2.22. The van der Waals surface area contributed by atoms with Gasteiger partial charge in [0.2, 0.25) is 0 Å². The number of ether oxygens (including phenoxy) is 1. The Hall–Kier alpha value is -1.49. The van der Waals surface area contributed by atoms with Crippen molar-refractivity contribution >= 4 is 17.3 Å². The van der Waals surface area contributed by atoms with E-state index >= 15 is 0 Å². The van der Waals surface area contributed by atoms with Crippen molar-refractivity contribution in [3.8, 4) is 6.07 Å². The molecule has 1 aromatic heterocycles. The van der Waals surface area contributed by atoms with Crippen LogP contribution in [0.4, 0.5) is 0 Å². The first-order valence-electron chi connectivity index (χ1n) is 4.37. The number of methoxy groups -OCH3 is 1. The lowest BCUT2D eigenvalue weighted by atomic mass is 10.1. The monoisotopic (exact) mass is 242 g/mol. The van der Waals surface area contributed by atoms with Crippen molar-refractivity contribution in [2.45, 2.75) is 18.6 Å². The normalized spacial score (nSPS) is 13.9. The number of esters is 1. The Morgan fingerprint density at radius 2 is 2.44 bits per heavy atom. The standard InChI is InChI=1S/C9H10N2O4S/c1-15-9(14)5-4-16-8(11-5)7(13)6(12)2-3-10/h4,6-7,12-13H,2H2,1H3. The van der Waals surface area contributed by atoms with E-state index in [9.17, 15) is 15.0 Å². The maximum atomic E-state index is 11.1. The second kappa shape index (κ2) is 5.55. The second-order valence-electron chi connectivity index (χ2n) is 2.94. The summed E-state index contributed by atoms with van der Waals surface area (Å²) < 4.78 is 4.45. The topological polar surface area (TPSA) is 103 Å². The van der Waals surface area contributed by atoms with Gasteiger partial charge in [0, 0.05) is 5.38 Å². The molecule has 0 aliphatic rings. The summed E-state index contributed by atoms with van der Waals surface area (Å²) in [5.74, 6) is -0.607. The van der Waals surface area contributed by atoms with Crippen LogP contribution in [0.3, 0.4) is 0 Å². The molecule has 7 heteroatoms. The third-order valence-corrected chi connectivity index (χ3v) is 2.75. The fraction of sp³-hybridized carbons (Fsp3) is 0.444. The molecule has 0 amide bonds. The van der Waals surface area contributed by atoms with Gasteiger partial charge in [0.25, 0.3) is 0 Å². The van der Waals surface area contributed by atoms with Gasteiger partial charge in [-0.05, 0) is 0 Å². The quantitative estimate of drug-likeness (QED) is 0.733. The number of rotatable bonds is 4. The van der Waals surface area contributed by atoms with Crippen LogP contribution in [0.15, 0.2) is 5.38 Å². The number of nitrogens with zero attached hydrogens (tertiary/aromatic N) is 2. The number of aromatic nitrogens is 1. The smallest absolute Gasteiger partial charge is 0.357 e. The molecule has 16 heavy (non-hydrogen) atoms. The number of carbonyl (C=O) groups is 1. The summed E-state index contributed by atoms with van der Waals surface area (Å²) in [6.07, 6.45) is -2.67. The lowest BCUT2D eigenvalue weighted by molar-refractivity contribution is 0.0213. The molecule has 86 valence electrons. The molecule has 1 rings (SSSR count). The van der Waals surface area contributed by atoms with Crippen molar-refractivity contribution in [2.24, 2.45) is 0 Å². The lowest BCUT2D eigenvalue weighted by Crippen LogP contribution is -2.17.